The Balaban J connectivity index is 2.12. The van der Waals surface area contributed by atoms with Crippen LogP contribution >= 0.6 is 0 Å². The second kappa shape index (κ2) is 6.49. The second-order valence-electron chi connectivity index (χ2n) is 4.71. The summed E-state index contributed by atoms with van der Waals surface area (Å²) < 4.78 is 0. The molecular formula is C13H21N5O. The van der Waals surface area contributed by atoms with Crippen LogP contribution in [-0.2, 0) is 0 Å². The van der Waals surface area contributed by atoms with E-state index in [9.17, 15) is 4.79 Å². The first-order valence-electron chi connectivity index (χ1n) is 6.64. The third-order valence-electron chi connectivity index (χ3n) is 3.39. The third-order valence-corrected chi connectivity index (χ3v) is 3.39. The van der Waals surface area contributed by atoms with Crippen LogP contribution in [0, 0.1) is 0 Å². The highest BCUT2D eigenvalue weighted by molar-refractivity contribution is 5.97. The number of rotatable bonds is 4. The number of amides is 1. The normalized spacial score (nSPS) is 17.2. The molecule has 104 valence electrons. The molecule has 2 heterocycles. The van der Waals surface area contributed by atoms with Gasteiger partial charge in [-0.2, -0.15) is 0 Å². The summed E-state index contributed by atoms with van der Waals surface area (Å²) in [5.41, 5.74) is 11.5. The first kappa shape index (κ1) is 13.8. The van der Waals surface area contributed by atoms with Crippen molar-refractivity contribution in [2.75, 3.05) is 44.2 Å². The quantitative estimate of drug-likeness (QED) is 0.775. The van der Waals surface area contributed by atoms with E-state index in [1.807, 2.05) is 0 Å². The van der Waals surface area contributed by atoms with E-state index in [2.05, 4.69) is 14.8 Å². The number of aromatic nitrogens is 1. The van der Waals surface area contributed by atoms with E-state index < -0.39 is 5.91 Å². The van der Waals surface area contributed by atoms with Crippen molar-refractivity contribution in [2.45, 2.75) is 6.42 Å². The molecule has 6 heteroatoms. The van der Waals surface area contributed by atoms with Crippen molar-refractivity contribution < 1.29 is 4.79 Å². The first-order valence-corrected chi connectivity index (χ1v) is 6.64. The van der Waals surface area contributed by atoms with Crippen LogP contribution in [0.15, 0.2) is 18.3 Å². The van der Waals surface area contributed by atoms with Crippen molar-refractivity contribution in [3.63, 3.8) is 0 Å². The van der Waals surface area contributed by atoms with Gasteiger partial charge in [-0.1, -0.05) is 0 Å². The highest BCUT2D eigenvalue weighted by Crippen LogP contribution is 2.18. The van der Waals surface area contributed by atoms with E-state index >= 15 is 0 Å². The lowest BCUT2D eigenvalue weighted by Crippen LogP contribution is -2.34. The van der Waals surface area contributed by atoms with E-state index in [0.29, 0.717) is 17.9 Å². The molecule has 4 N–H and O–H groups in total. The van der Waals surface area contributed by atoms with Gasteiger partial charge in [-0.3, -0.25) is 4.79 Å². The van der Waals surface area contributed by atoms with Crippen molar-refractivity contribution in [1.29, 1.82) is 0 Å². The number of primary amides is 1. The summed E-state index contributed by atoms with van der Waals surface area (Å²) in [6, 6.07) is 3.47. The van der Waals surface area contributed by atoms with E-state index in [1.165, 1.54) is 0 Å². The third kappa shape index (κ3) is 3.42. The van der Waals surface area contributed by atoms with Gasteiger partial charge >= 0.3 is 0 Å². The van der Waals surface area contributed by atoms with Gasteiger partial charge in [0.2, 0.25) is 0 Å². The number of hydrogen-bond donors (Lipinski definition) is 2. The predicted molar refractivity (Wildman–Crippen MR) is 75.1 cm³/mol. The predicted octanol–water partition coefficient (Wildman–Crippen LogP) is -0.349. The molecule has 1 aliphatic rings. The minimum absolute atomic E-state index is 0.425. The van der Waals surface area contributed by atoms with Gasteiger partial charge in [0.15, 0.2) is 0 Å². The molecule has 0 aromatic carbocycles. The number of nitrogens with zero attached hydrogens (tertiary/aromatic N) is 3. The van der Waals surface area contributed by atoms with E-state index in [4.69, 9.17) is 11.5 Å². The minimum Gasteiger partial charge on any atom is -0.365 e. The Labute approximate surface area is 113 Å². The van der Waals surface area contributed by atoms with Crippen LogP contribution in [0.2, 0.25) is 0 Å². The number of carbonyl (C=O) groups excluding carboxylic acids is 1. The fourth-order valence-corrected chi connectivity index (χ4v) is 2.43. The SMILES string of the molecule is NCCN1CCCN(c2ncccc2C(N)=O)CC1. The summed E-state index contributed by atoms with van der Waals surface area (Å²) in [4.78, 5) is 20.2. The maximum absolute atomic E-state index is 11.4. The van der Waals surface area contributed by atoms with Crippen molar-refractivity contribution in [1.82, 2.24) is 9.88 Å². The molecule has 0 radical (unpaired) electrons. The first-order chi connectivity index (χ1) is 9.22. The summed E-state index contributed by atoms with van der Waals surface area (Å²) in [5.74, 6) is 0.274. The molecule has 19 heavy (non-hydrogen) atoms. The number of anilines is 1. The van der Waals surface area contributed by atoms with Gasteiger partial charge in [0.25, 0.3) is 5.91 Å². The lowest BCUT2D eigenvalue weighted by atomic mass is 10.2. The topological polar surface area (TPSA) is 88.5 Å². The minimum atomic E-state index is -0.425. The Kier molecular flexibility index (Phi) is 4.70. The van der Waals surface area contributed by atoms with Gasteiger partial charge in [-0.15, -0.1) is 0 Å². The number of pyridine rings is 1. The number of hydrogen-bond acceptors (Lipinski definition) is 5. The van der Waals surface area contributed by atoms with Crippen LogP contribution in [-0.4, -0.2) is 55.1 Å². The van der Waals surface area contributed by atoms with Crippen LogP contribution < -0.4 is 16.4 Å². The average Bonchev–Trinajstić information content (AvgIpc) is 2.65. The molecule has 1 saturated heterocycles. The molecule has 1 aromatic rings. The molecule has 1 aliphatic heterocycles. The summed E-state index contributed by atoms with van der Waals surface area (Å²) in [5, 5.41) is 0. The highest BCUT2D eigenvalue weighted by Gasteiger charge is 2.19. The van der Waals surface area contributed by atoms with Crippen molar-refractivity contribution >= 4 is 11.7 Å². The molecule has 0 aliphatic carbocycles. The smallest absolute Gasteiger partial charge is 0.252 e. The summed E-state index contributed by atoms with van der Waals surface area (Å²) in [7, 11) is 0. The zero-order chi connectivity index (χ0) is 13.7. The molecule has 1 fully saturated rings. The lowest BCUT2D eigenvalue weighted by molar-refractivity contribution is 0.100. The van der Waals surface area contributed by atoms with Gasteiger partial charge in [0.1, 0.15) is 5.82 Å². The van der Waals surface area contributed by atoms with Gasteiger partial charge in [0.05, 0.1) is 5.56 Å². The van der Waals surface area contributed by atoms with Crippen LogP contribution in [0.3, 0.4) is 0 Å². The average molecular weight is 263 g/mol. The number of carbonyl (C=O) groups is 1. The molecular weight excluding hydrogens is 242 g/mol. The standard InChI is InChI=1S/C13H21N5O/c14-4-8-17-6-2-7-18(10-9-17)13-11(12(15)19)3-1-5-16-13/h1,3,5H,2,4,6-10,14H2,(H2,15,19). The lowest BCUT2D eigenvalue weighted by Gasteiger charge is -2.23. The Morgan fingerprint density at radius 2 is 2.16 bits per heavy atom. The fraction of sp³-hybridized carbons (Fsp3) is 0.538. The second-order valence-corrected chi connectivity index (χ2v) is 4.71. The molecule has 0 saturated carbocycles. The largest absolute Gasteiger partial charge is 0.365 e. The molecule has 2 rings (SSSR count). The van der Waals surface area contributed by atoms with Gasteiger partial charge in [0, 0.05) is 38.9 Å². The molecule has 0 atom stereocenters. The van der Waals surface area contributed by atoms with Gasteiger partial charge < -0.3 is 21.3 Å². The molecule has 1 amide bonds. The van der Waals surface area contributed by atoms with Crippen LogP contribution in [0.25, 0.3) is 0 Å². The zero-order valence-electron chi connectivity index (χ0n) is 11.1. The summed E-state index contributed by atoms with van der Waals surface area (Å²) in [6.45, 7) is 5.29. The maximum Gasteiger partial charge on any atom is 0.252 e. The fourth-order valence-electron chi connectivity index (χ4n) is 2.43. The van der Waals surface area contributed by atoms with Gasteiger partial charge in [-0.05, 0) is 25.1 Å². The van der Waals surface area contributed by atoms with E-state index in [-0.39, 0.29) is 0 Å². The maximum atomic E-state index is 11.4. The molecule has 0 bridgehead atoms. The molecule has 0 spiro atoms. The monoisotopic (exact) mass is 263 g/mol. The highest BCUT2D eigenvalue weighted by atomic mass is 16.1. The molecule has 0 unspecified atom stereocenters. The number of nitrogens with two attached hydrogens (primary N) is 2. The van der Waals surface area contributed by atoms with Crippen molar-refractivity contribution in [2.24, 2.45) is 11.5 Å². The van der Waals surface area contributed by atoms with Crippen molar-refractivity contribution in [3.8, 4) is 0 Å². The Hall–Kier alpha value is -1.66. The Bertz CT molecular complexity index is 437. The van der Waals surface area contributed by atoms with Crippen LogP contribution in [0.4, 0.5) is 5.82 Å². The van der Waals surface area contributed by atoms with Crippen LogP contribution in [0.5, 0.6) is 0 Å². The van der Waals surface area contributed by atoms with E-state index in [1.54, 1.807) is 18.3 Å². The summed E-state index contributed by atoms with van der Waals surface area (Å²) in [6.07, 6.45) is 2.74. The van der Waals surface area contributed by atoms with Crippen molar-refractivity contribution in [3.05, 3.63) is 23.9 Å². The van der Waals surface area contributed by atoms with Crippen LogP contribution in [0.1, 0.15) is 16.8 Å². The van der Waals surface area contributed by atoms with Gasteiger partial charge in [-0.25, -0.2) is 4.98 Å². The zero-order valence-corrected chi connectivity index (χ0v) is 11.1. The Morgan fingerprint density at radius 1 is 1.32 bits per heavy atom. The molecule has 1 aromatic heterocycles. The van der Waals surface area contributed by atoms with E-state index in [0.717, 1.165) is 39.1 Å². The Morgan fingerprint density at radius 3 is 2.89 bits per heavy atom. The summed E-state index contributed by atoms with van der Waals surface area (Å²) >= 11 is 0. The molecule has 6 nitrogen and oxygen atoms in total.